The number of hydrogen-bond donors (Lipinski definition) is 1. The molecule has 0 unspecified atom stereocenters. The van der Waals surface area contributed by atoms with Crippen molar-refractivity contribution < 1.29 is 9.59 Å². The molecule has 1 aliphatic rings. The average Bonchev–Trinajstić information content (AvgIpc) is 2.98. The number of rotatable bonds is 3. The molecule has 0 fully saturated rings. The normalized spacial score (nSPS) is 13.6. The Balaban J connectivity index is 1.58. The Morgan fingerprint density at radius 1 is 1.22 bits per heavy atom. The van der Waals surface area contributed by atoms with Gasteiger partial charge in [-0.25, -0.2) is 0 Å². The molecule has 5 heteroatoms. The Hall–Kier alpha value is -2.14. The highest BCUT2D eigenvalue weighted by Crippen LogP contribution is 2.23. The van der Waals surface area contributed by atoms with E-state index in [-0.39, 0.29) is 18.4 Å². The maximum absolute atomic E-state index is 12.3. The van der Waals surface area contributed by atoms with Gasteiger partial charge in [0, 0.05) is 23.5 Å². The summed E-state index contributed by atoms with van der Waals surface area (Å²) in [6.07, 6.45) is 0.907. The lowest BCUT2D eigenvalue weighted by Gasteiger charge is -2.27. The molecular formula is C18H20N2O2S. The number of aryl methyl sites for hydroxylation is 2. The van der Waals surface area contributed by atoms with E-state index in [1.54, 1.807) is 11.3 Å². The topological polar surface area (TPSA) is 49.4 Å². The highest BCUT2D eigenvalue weighted by atomic mass is 32.1. The van der Waals surface area contributed by atoms with Gasteiger partial charge in [0.2, 0.25) is 5.91 Å². The molecule has 0 saturated heterocycles. The molecule has 2 amide bonds. The number of fused-ring (bicyclic) bond motifs is 1. The van der Waals surface area contributed by atoms with Gasteiger partial charge in [0.25, 0.3) is 5.91 Å². The van der Waals surface area contributed by atoms with Crippen molar-refractivity contribution in [3.05, 3.63) is 56.8 Å². The first-order valence-electron chi connectivity index (χ1n) is 7.72. The van der Waals surface area contributed by atoms with Crippen LogP contribution in [-0.2, 0) is 17.8 Å². The Bertz CT molecular complexity index is 731. The molecule has 23 heavy (non-hydrogen) atoms. The minimum atomic E-state index is -0.196. The van der Waals surface area contributed by atoms with Crippen LogP contribution >= 0.6 is 11.3 Å². The number of carbonyl (C=O) groups is 2. The largest absolute Gasteiger partial charge is 0.343 e. The second-order valence-corrected chi connectivity index (χ2v) is 6.99. The fourth-order valence-electron chi connectivity index (χ4n) is 2.94. The lowest BCUT2D eigenvalue weighted by Crippen LogP contribution is -2.42. The molecule has 0 radical (unpaired) electrons. The zero-order chi connectivity index (χ0) is 16.4. The Morgan fingerprint density at radius 2 is 1.96 bits per heavy atom. The van der Waals surface area contributed by atoms with Crippen LogP contribution in [0.3, 0.4) is 0 Å². The SMILES string of the molecule is Cc1cc(C)cc(C(=O)NCC(=O)N2CCc3sccc3C2)c1. The van der Waals surface area contributed by atoms with Crippen molar-refractivity contribution in [2.24, 2.45) is 0 Å². The van der Waals surface area contributed by atoms with Crippen LogP contribution in [-0.4, -0.2) is 29.8 Å². The smallest absolute Gasteiger partial charge is 0.251 e. The van der Waals surface area contributed by atoms with Crippen molar-refractivity contribution in [2.75, 3.05) is 13.1 Å². The van der Waals surface area contributed by atoms with Crippen molar-refractivity contribution in [1.82, 2.24) is 10.2 Å². The Labute approximate surface area is 140 Å². The molecule has 0 saturated carbocycles. The third-order valence-corrected chi connectivity index (χ3v) is 5.07. The van der Waals surface area contributed by atoms with Crippen LogP contribution in [0.4, 0.5) is 0 Å². The first-order chi connectivity index (χ1) is 11.0. The van der Waals surface area contributed by atoms with Crippen LogP contribution in [0.5, 0.6) is 0 Å². The summed E-state index contributed by atoms with van der Waals surface area (Å²) in [6, 6.07) is 7.78. The van der Waals surface area contributed by atoms with E-state index in [1.807, 2.05) is 36.9 Å². The van der Waals surface area contributed by atoms with Gasteiger partial charge < -0.3 is 10.2 Å². The maximum Gasteiger partial charge on any atom is 0.251 e. The van der Waals surface area contributed by atoms with Gasteiger partial charge >= 0.3 is 0 Å². The van der Waals surface area contributed by atoms with E-state index in [0.717, 1.165) is 24.1 Å². The summed E-state index contributed by atoms with van der Waals surface area (Å²) in [4.78, 5) is 27.7. The summed E-state index contributed by atoms with van der Waals surface area (Å²) >= 11 is 1.75. The lowest BCUT2D eigenvalue weighted by atomic mass is 10.1. The van der Waals surface area contributed by atoms with Crippen molar-refractivity contribution in [1.29, 1.82) is 0 Å². The molecule has 1 aliphatic heterocycles. The molecule has 1 aromatic carbocycles. The van der Waals surface area contributed by atoms with Gasteiger partial charge in [0.05, 0.1) is 6.54 Å². The van der Waals surface area contributed by atoms with Gasteiger partial charge in [-0.05, 0) is 49.4 Å². The fraction of sp³-hybridized carbons (Fsp3) is 0.333. The zero-order valence-corrected chi connectivity index (χ0v) is 14.2. The molecule has 3 rings (SSSR count). The zero-order valence-electron chi connectivity index (χ0n) is 13.4. The molecule has 0 aliphatic carbocycles. The Morgan fingerprint density at radius 3 is 2.70 bits per heavy atom. The van der Waals surface area contributed by atoms with E-state index in [0.29, 0.717) is 12.1 Å². The van der Waals surface area contributed by atoms with Crippen LogP contribution in [0, 0.1) is 13.8 Å². The number of nitrogens with one attached hydrogen (secondary N) is 1. The van der Waals surface area contributed by atoms with Crippen LogP contribution in [0.1, 0.15) is 31.9 Å². The average molecular weight is 328 g/mol. The third-order valence-electron chi connectivity index (χ3n) is 4.04. The quantitative estimate of drug-likeness (QED) is 0.942. The first kappa shape index (κ1) is 15.7. The van der Waals surface area contributed by atoms with Crippen molar-refractivity contribution in [2.45, 2.75) is 26.8 Å². The lowest BCUT2D eigenvalue weighted by molar-refractivity contribution is -0.131. The van der Waals surface area contributed by atoms with Gasteiger partial charge in [-0.15, -0.1) is 11.3 Å². The molecule has 1 aromatic heterocycles. The van der Waals surface area contributed by atoms with E-state index in [2.05, 4.69) is 16.8 Å². The predicted molar refractivity (Wildman–Crippen MR) is 91.7 cm³/mol. The molecule has 120 valence electrons. The molecule has 2 heterocycles. The number of carbonyl (C=O) groups excluding carboxylic acids is 2. The molecule has 0 spiro atoms. The van der Waals surface area contributed by atoms with Gasteiger partial charge in [-0.3, -0.25) is 9.59 Å². The molecule has 0 bridgehead atoms. The predicted octanol–water partition coefficient (Wildman–Crippen LogP) is 2.68. The van der Waals surface area contributed by atoms with E-state index in [9.17, 15) is 9.59 Å². The monoisotopic (exact) mass is 328 g/mol. The minimum absolute atomic E-state index is 0.0282. The minimum Gasteiger partial charge on any atom is -0.343 e. The summed E-state index contributed by atoms with van der Waals surface area (Å²) in [5.41, 5.74) is 3.93. The van der Waals surface area contributed by atoms with Crippen LogP contribution < -0.4 is 5.32 Å². The van der Waals surface area contributed by atoms with Gasteiger partial charge in [0.1, 0.15) is 0 Å². The van der Waals surface area contributed by atoms with Crippen molar-refractivity contribution in [3.8, 4) is 0 Å². The highest BCUT2D eigenvalue weighted by Gasteiger charge is 2.21. The summed E-state index contributed by atoms with van der Waals surface area (Å²) in [7, 11) is 0. The summed E-state index contributed by atoms with van der Waals surface area (Å²) in [6.45, 7) is 5.34. The summed E-state index contributed by atoms with van der Waals surface area (Å²) < 4.78 is 0. The van der Waals surface area contributed by atoms with Gasteiger partial charge in [-0.2, -0.15) is 0 Å². The van der Waals surface area contributed by atoms with Crippen LogP contribution in [0.25, 0.3) is 0 Å². The molecule has 0 atom stereocenters. The van der Waals surface area contributed by atoms with Crippen LogP contribution in [0.2, 0.25) is 0 Å². The number of nitrogens with zero attached hydrogens (tertiary/aromatic N) is 1. The van der Waals surface area contributed by atoms with E-state index in [4.69, 9.17) is 0 Å². The first-order valence-corrected chi connectivity index (χ1v) is 8.60. The third kappa shape index (κ3) is 3.62. The number of hydrogen-bond acceptors (Lipinski definition) is 3. The fourth-order valence-corrected chi connectivity index (χ4v) is 3.83. The Kier molecular flexibility index (Phi) is 4.48. The molecular weight excluding hydrogens is 308 g/mol. The molecule has 4 nitrogen and oxygen atoms in total. The number of benzene rings is 1. The second kappa shape index (κ2) is 6.54. The highest BCUT2D eigenvalue weighted by molar-refractivity contribution is 7.10. The summed E-state index contributed by atoms with van der Waals surface area (Å²) in [5.74, 6) is -0.224. The standard InChI is InChI=1S/C18H20N2O2S/c1-12-7-13(2)9-15(8-12)18(22)19-10-17(21)20-5-3-16-14(11-20)4-6-23-16/h4,6-9H,3,5,10-11H2,1-2H3,(H,19,22). The van der Waals surface area contributed by atoms with Crippen LogP contribution in [0.15, 0.2) is 29.6 Å². The summed E-state index contributed by atoms with van der Waals surface area (Å²) in [5, 5.41) is 4.81. The van der Waals surface area contributed by atoms with Gasteiger partial charge in [0.15, 0.2) is 0 Å². The van der Waals surface area contributed by atoms with E-state index < -0.39 is 0 Å². The number of amides is 2. The van der Waals surface area contributed by atoms with E-state index in [1.165, 1.54) is 10.4 Å². The second-order valence-electron chi connectivity index (χ2n) is 5.99. The van der Waals surface area contributed by atoms with Gasteiger partial charge in [-0.1, -0.05) is 17.2 Å². The van der Waals surface area contributed by atoms with Crippen molar-refractivity contribution >= 4 is 23.2 Å². The molecule has 1 N–H and O–H groups in total. The molecule has 2 aromatic rings. The van der Waals surface area contributed by atoms with E-state index >= 15 is 0 Å². The number of thiophene rings is 1. The maximum atomic E-state index is 12.3. The van der Waals surface area contributed by atoms with Crippen molar-refractivity contribution in [3.63, 3.8) is 0 Å².